The predicted molar refractivity (Wildman–Crippen MR) is 111 cm³/mol. The molecule has 0 aliphatic carbocycles. The van der Waals surface area contributed by atoms with Gasteiger partial charge < -0.3 is 15.6 Å². The molecule has 3 N–H and O–H groups in total. The fourth-order valence-electron chi connectivity index (χ4n) is 3.20. The molecule has 1 aromatic heterocycles. The van der Waals surface area contributed by atoms with E-state index < -0.39 is 0 Å². The largest absolute Gasteiger partial charge is 0.345 e. The van der Waals surface area contributed by atoms with Crippen LogP contribution in [0.5, 0.6) is 0 Å². The SMILES string of the molecule is O=C(CNC(=O)c1ccccc1)NC(c1ccccc1)c1ccc2nc[nH]c2c1. The van der Waals surface area contributed by atoms with Crippen LogP contribution in [0.1, 0.15) is 27.5 Å². The molecule has 3 aromatic carbocycles. The lowest BCUT2D eigenvalue weighted by Gasteiger charge is -2.20. The van der Waals surface area contributed by atoms with Crippen LogP contribution >= 0.6 is 0 Å². The second-order valence-electron chi connectivity index (χ2n) is 6.64. The van der Waals surface area contributed by atoms with Gasteiger partial charge in [-0.1, -0.05) is 54.6 Å². The first kappa shape index (κ1) is 18.4. The molecule has 0 bridgehead atoms. The van der Waals surface area contributed by atoms with E-state index in [4.69, 9.17) is 0 Å². The molecule has 0 spiro atoms. The summed E-state index contributed by atoms with van der Waals surface area (Å²) in [5.41, 5.74) is 4.16. The van der Waals surface area contributed by atoms with E-state index in [0.717, 1.165) is 22.2 Å². The lowest BCUT2D eigenvalue weighted by atomic mass is 9.98. The standard InChI is InChI=1S/C23H20N4O2/c28-21(14-24-23(29)17-9-5-2-6-10-17)27-22(16-7-3-1-4-8-16)18-11-12-19-20(13-18)26-15-25-19/h1-13,15,22H,14H2,(H,24,29)(H,25,26)(H,27,28). The van der Waals surface area contributed by atoms with Gasteiger partial charge in [-0.2, -0.15) is 0 Å². The summed E-state index contributed by atoms with van der Waals surface area (Å²) < 4.78 is 0. The zero-order valence-electron chi connectivity index (χ0n) is 15.6. The number of rotatable bonds is 6. The van der Waals surface area contributed by atoms with E-state index in [1.807, 2.05) is 54.6 Å². The third kappa shape index (κ3) is 4.32. The van der Waals surface area contributed by atoms with Gasteiger partial charge in [0.05, 0.1) is 29.9 Å². The normalized spacial score (nSPS) is 11.7. The van der Waals surface area contributed by atoms with Gasteiger partial charge in [-0.05, 0) is 35.4 Å². The zero-order valence-corrected chi connectivity index (χ0v) is 15.6. The number of hydrogen-bond donors (Lipinski definition) is 3. The first-order chi connectivity index (χ1) is 14.2. The van der Waals surface area contributed by atoms with Gasteiger partial charge in [0.1, 0.15) is 0 Å². The second-order valence-corrected chi connectivity index (χ2v) is 6.64. The maximum Gasteiger partial charge on any atom is 0.251 e. The maximum absolute atomic E-state index is 12.6. The number of amides is 2. The Morgan fingerprint density at radius 2 is 1.62 bits per heavy atom. The van der Waals surface area contributed by atoms with E-state index in [2.05, 4.69) is 20.6 Å². The fourth-order valence-corrected chi connectivity index (χ4v) is 3.20. The van der Waals surface area contributed by atoms with Gasteiger partial charge in [0.25, 0.3) is 5.91 Å². The minimum atomic E-state index is -0.343. The van der Waals surface area contributed by atoms with E-state index in [0.29, 0.717) is 5.56 Å². The highest BCUT2D eigenvalue weighted by Crippen LogP contribution is 2.24. The summed E-state index contributed by atoms with van der Waals surface area (Å²) in [6.07, 6.45) is 1.64. The summed E-state index contributed by atoms with van der Waals surface area (Å²) >= 11 is 0. The Hall–Kier alpha value is -3.93. The number of fused-ring (bicyclic) bond motifs is 1. The molecule has 0 saturated heterocycles. The maximum atomic E-state index is 12.6. The van der Waals surface area contributed by atoms with E-state index >= 15 is 0 Å². The predicted octanol–water partition coefficient (Wildman–Crippen LogP) is 3.20. The van der Waals surface area contributed by atoms with Crippen LogP contribution in [-0.4, -0.2) is 28.3 Å². The van der Waals surface area contributed by atoms with E-state index in [-0.39, 0.29) is 24.4 Å². The van der Waals surface area contributed by atoms with Crippen LogP contribution < -0.4 is 10.6 Å². The van der Waals surface area contributed by atoms with Gasteiger partial charge in [-0.15, -0.1) is 0 Å². The third-order valence-electron chi connectivity index (χ3n) is 4.66. The van der Waals surface area contributed by atoms with Crippen LogP contribution in [0.3, 0.4) is 0 Å². The van der Waals surface area contributed by atoms with Gasteiger partial charge in [0.2, 0.25) is 5.91 Å². The molecule has 2 amide bonds. The molecule has 144 valence electrons. The van der Waals surface area contributed by atoms with Gasteiger partial charge in [0, 0.05) is 5.56 Å². The van der Waals surface area contributed by atoms with Crippen LogP contribution in [0.4, 0.5) is 0 Å². The molecule has 4 rings (SSSR count). The Kier molecular flexibility index (Phi) is 5.33. The van der Waals surface area contributed by atoms with Crippen molar-refractivity contribution in [1.82, 2.24) is 20.6 Å². The Bertz CT molecular complexity index is 1120. The number of carbonyl (C=O) groups excluding carboxylic acids is 2. The number of aromatic nitrogens is 2. The summed E-state index contributed by atoms with van der Waals surface area (Å²) in [4.78, 5) is 32.1. The lowest BCUT2D eigenvalue weighted by molar-refractivity contribution is -0.120. The summed E-state index contributed by atoms with van der Waals surface area (Å²) in [6, 6.07) is 24.0. The molecular weight excluding hydrogens is 364 g/mol. The van der Waals surface area contributed by atoms with Crippen molar-refractivity contribution in [2.24, 2.45) is 0 Å². The third-order valence-corrected chi connectivity index (χ3v) is 4.66. The van der Waals surface area contributed by atoms with Crippen LogP contribution in [0, 0.1) is 0 Å². The van der Waals surface area contributed by atoms with Crippen LogP contribution in [-0.2, 0) is 4.79 Å². The van der Waals surface area contributed by atoms with Crippen LogP contribution in [0.2, 0.25) is 0 Å². The summed E-state index contributed by atoms with van der Waals surface area (Å²) in [5, 5.41) is 5.69. The average Bonchev–Trinajstić information content (AvgIpc) is 3.25. The van der Waals surface area contributed by atoms with Crippen LogP contribution in [0.25, 0.3) is 11.0 Å². The highest BCUT2D eigenvalue weighted by molar-refractivity contribution is 5.96. The smallest absolute Gasteiger partial charge is 0.251 e. The molecule has 1 atom stereocenters. The lowest BCUT2D eigenvalue weighted by Crippen LogP contribution is -2.39. The zero-order chi connectivity index (χ0) is 20.1. The van der Waals surface area contributed by atoms with Gasteiger partial charge >= 0.3 is 0 Å². The highest BCUT2D eigenvalue weighted by Gasteiger charge is 2.18. The van der Waals surface area contributed by atoms with Gasteiger partial charge in [0.15, 0.2) is 0 Å². The summed E-state index contributed by atoms with van der Waals surface area (Å²) in [7, 11) is 0. The number of benzene rings is 3. The fraction of sp³-hybridized carbons (Fsp3) is 0.0870. The molecule has 0 aliphatic rings. The molecule has 1 unspecified atom stereocenters. The Labute approximate surface area is 168 Å². The molecule has 0 saturated carbocycles. The number of hydrogen-bond acceptors (Lipinski definition) is 3. The first-order valence-electron chi connectivity index (χ1n) is 9.31. The molecule has 0 fully saturated rings. The second kappa shape index (κ2) is 8.39. The molecule has 1 heterocycles. The Morgan fingerprint density at radius 3 is 2.38 bits per heavy atom. The number of aromatic amines is 1. The van der Waals surface area contributed by atoms with Crippen molar-refractivity contribution in [2.75, 3.05) is 6.54 Å². The molecular formula is C23H20N4O2. The molecule has 6 nitrogen and oxygen atoms in total. The van der Waals surface area contributed by atoms with E-state index in [1.165, 1.54) is 0 Å². The van der Waals surface area contributed by atoms with E-state index in [9.17, 15) is 9.59 Å². The number of imidazole rings is 1. The molecule has 0 radical (unpaired) electrons. The first-order valence-corrected chi connectivity index (χ1v) is 9.31. The Balaban J connectivity index is 1.51. The number of carbonyl (C=O) groups is 2. The minimum Gasteiger partial charge on any atom is -0.345 e. The highest BCUT2D eigenvalue weighted by atomic mass is 16.2. The van der Waals surface area contributed by atoms with Crippen molar-refractivity contribution in [1.29, 1.82) is 0 Å². The number of H-pyrrole nitrogens is 1. The van der Waals surface area contributed by atoms with Crippen molar-refractivity contribution in [3.8, 4) is 0 Å². The minimum absolute atomic E-state index is 0.108. The number of nitrogens with zero attached hydrogens (tertiary/aromatic N) is 1. The summed E-state index contributed by atoms with van der Waals surface area (Å²) in [5.74, 6) is -0.552. The van der Waals surface area contributed by atoms with Crippen molar-refractivity contribution in [3.63, 3.8) is 0 Å². The van der Waals surface area contributed by atoms with Crippen molar-refractivity contribution in [2.45, 2.75) is 6.04 Å². The average molecular weight is 384 g/mol. The molecule has 29 heavy (non-hydrogen) atoms. The topological polar surface area (TPSA) is 86.9 Å². The molecule has 4 aromatic rings. The van der Waals surface area contributed by atoms with Gasteiger partial charge in [-0.3, -0.25) is 9.59 Å². The monoisotopic (exact) mass is 384 g/mol. The quantitative estimate of drug-likeness (QED) is 0.477. The van der Waals surface area contributed by atoms with Crippen LogP contribution in [0.15, 0.2) is 85.2 Å². The number of nitrogens with one attached hydrogen (secondary N) is 3. The molecule has 6 heteroatoms. The van der Waals surface area contributed by atoms with Gasteiger partial charge in [-0.25, -0.2) is 4.98 Å². The Morgan fingerprint density at radius 1 is 0.897 bits per heavy atom. The van der Waals surface area contributed by atoms with Crippen molar-refractivity contribution in [3.05, 3.63) is 102 Å². The molecule has 0 aliphatic heterocycles. The van der Waals surface area contributed by atoms with Crippen molar-refractivity contribution < 1.29 is 9.59 Å². The van der Waals surface area contributed by atoms with Crippen molar-refractivity contribution >= 4 is 22.8 Å². The van der Waals surface area contributed by atoms with E-state index in [1.54, 1.807) is 30.6 Å². The summed E-state index contributed by atoms with van der Waals surface area (Å²) in [6.45, 7) is -0.108.